The maximum Gasteiger partial charge on any atom is 0.132 e. The maximum absolute atomic E-state index is 5.85. The summed E-state index contributed by atoms with van der Waals surface area (Å²) in [5.41, 5.74) is 2.77. The molecule has 0 atom stereocenters. The Morgan fingerprint density at radius 3 is 2.79 bits per heavy atom. The van der Waals surface area contributed by atoms with Gasteiger partial charge in [-0.25, -0.2) is 9.97 Å². The molecular formula is C15H24ClN3. The Kier molecular flexibility index (Phi) is 5.03. The standard InChI is InChI=1S/C15H24ClN3/c1-15(2,8-9-16)10-17-14-12-6-4-3-5-7-13(12)18-11-19-14/h11H,3-10H2,1-2H3,(H,17,18,19). The highest BCUT2D eigenvalue weighted by Crippen LogP contribution is 2.26. The molecule has 1 aromatic heterocycles. The number of hydrogen-bond donors (Lipinski definition) is 1. The number of aromatic nitrogens is 2. The first-order chi connectivity index (χ1) is 9.12. The van der Waals surface area contributed by atoms with E-state index in [0.29, 0.717) is 5.88 Å². The molecule has 1 aliphatic carbocycles. The van der Waals surface area contributed by atoms with Crippen LogP contribution in [0.3, 0.4) is 0 Å². The van der Waals surface area contributed by atoms with E-state index in [2.05, 4.69) is 29.1 Å². The van der Waals surface area contributed by atoms with Crippen LogP contribution in [0, 0.1) is 5.41 Å². The Morgan fingerprint density at radius 2 is 2.00 bits per heavy atom. The molecule has 0 aromatic carbocycles. The normalized spacial score (nSPS) is 15.7. The zero-order valence-corrected chi connectivity index (χ0v) is 12.8. The van der Waals surface area contributed by atoms with Crippen LogP contribution in [0.4, 0.5) is 5.82 Å². The van der Waals surface area contributed by atoms with Gasteiger partial charge < -0.3 is 5.32 Å². The molecule has 1 aliphatic rings. The molecular weight excluding hydrogens is 258 g/mol. The third-order valence-electron chi connectivity index (χ3n) is 3.88. The molecule has 0 spiro atoms. The van der Waals surface area contributed by atoms with Crippen molar-refractivity contribution in [3.63, 3.8) is 0 Å². The van der Waals surface area contributed by atoms with E-state index in [1.54, 1.807) is 6.33 Å². The molecule has 0 aliphatic heterocycles. The van der Waals surface area contributed by atoms with Crippen LogP contribution in [0.25, 0.3) is 0 Å². The van der Waals surface area contributed by atoms with Crippen molar-refractivity contribution in [2.24, 2.45) is 5.41 Å². The van der Waals surface area contributed by atoms with E-state index in [0.717, 1.165) is 31.6 Å². The van der Waals surface area contributed by atoms with Crippen molar-refractivity contribution in [3.05, 3.63) is 17.6 Å². The lowest BCUT2D eigenvalue weighted by molar-refractivity contribution is 0.379. The minimum Gasteiger partial charge on any atom is -0.369 e. The fourth-order valence-corrected chi connectivity index (χ4v) is 3.03. The van der Waals surface area contributed by atoms with Gasteiger partial charge in [-0.2, -0.15) is 0 Å². The smallest absolute Gasteiger partial charge is 0.132 e. The summed E-state index contributed by atoms with van der Waals surface area (Å²) < 4.78 is 0. The predicted octanol–water partition coefficient (Wildman–Crippen LogP) is 3.81. The summed E-state index contributed by atoms with van der Waals surface area (Å²) in [6, 6.07) is 0. The van der Waals surface area contributed by atoms with Crippen LogP contribution < -0.4 is 5.32 Å². The van der Waals surface area contributed by atoms with E-state index in [-0.39, 0.29) is 5.41 Å². The number of rotatable bonds is 5. The molecule has 1 N–H and O–H groups in total. The lowest BCUT2D eigenvalue weighted by Crippen LogP contribution is -2.24. The van der Waals surface area contributed by atoms with Gasteiger partial charge in [0.05, 0.1) is 0 Å². The van der Waals surface area contributed by atoms with Crippen molar-refractivity contribution < 1.29 is 0 Å². The number of nitrogens with one attached hydrogen (secondary N) is 1. The van der Waals surface area contributed by atoms with Gasteiger partial charge in [0.15, 0.2) is 0 Å². The van der Waals surface area contributed by atoms with Crippen molar-refractivity contribution in [1.82, 2.24) is 9.97 Å². The van der Waals surface area contributed by atoms with Crippen molar-refractivity contribution in [2.45, 2.75) is 52.4 Å². The largest absolute Gasteiger partial charge is 0.369 e. The van der Waals surface area contributed by atoms with Crippen molar-refractivity contribution >= 4 is 17.4 Å². The average Bonchev–Trinajstić information content (AvgIpc) is 2.61. The number of alkyl halides is 1. The van der Waals surface area contributed by atoms with Gasteiger partial charge in [-0.05, 0) is 37.5 Å². The first kappa shape index (κ1) is 14.6. The molecule has 0 saturated heterocycles. The number of fused-ring (bicyclic) bond motifs is 1. The van der Waals surface area contributed by atoms with E-state index in [1.165, 1.54) is 30.5 Å². The molecule has 2 rings (SSSR count). The van der Waals surface area contributed by atoms with E-state index in [9.17, 15) is 0 Å². The minimum atomic E-state index is 0.199. The Bertz CT molecular complexity index is 418. The SMILES string of the molecule is CC(C)(CCCl)CNc1ncnc2c1CCCCC2. The molecule has 0 saturated carbocycles. The highest BCUT2D eigenvalue weighted by Gasteiger charge is 2.19. The molecule has 1 heterocycles. The van der Waals surface area contributed by atoms with Gasteiger partial charge in [-0.15, -0.1) is 11.6 Å². The van der Waals surface area contributed by atoms with Crippen LogP contribution in [0.5, 0.6) is 0 Å². The molecule has 0 radical (unpaired) electrons. The van der Waals surface area contributed by atoms with Crippen LogP contribution in [0.2, 0.25) is 0 Å². The van der Waals surface area contributed by atoms with E-state index in [1.807, 2.05) is 0 Å². The topological polar surface area (TPSA) is 37.8 Å². The summed E-state index contributed by atoms with van der Waals surface area (Å²) in [6.07, 6.45) is 8.71. The minimum absolute atomic E-state index is 0.199. The van der Waals surface area contributed by atoms with Crippen LogP contribution in [-0.4, -0.2) is 22.4 Å². The van der Waals surface area contributed by atoms with Crippen LogP contribution in [0.1, 0.15) is 50.8 Å². The van der Waals surface area contributed by atoms with Gasteiger partial charge >= 0.3 is 0 Å². The molecule has 106 valence electrons. The fraction of sp³-hybridized carbons (Fsp3) is 0.733. The predicted molar refractivity (Wildman–Crippen MR) is 80.9 cm³/mol. The summed E-state index contributed by atoms with van der Waals surface area (Å²) in [4.78, 5) is 8.89. The third kappa shape index (κ3) is 4.07. The summed E-state index contributed by atoms with van der Waals surface area (Å²) in [5.74, 6) is 1.74. The van der Waals surface area contributed by atoms with Crippen molar-refractivity contribution in [3.8, 4) is 0 Å². The zero-order chi connectivity index (χ0) is 13.7. The van der Waals surface area contributed by atoms with Gasteiger partial charge in [0.25, 0.3) is 0 Å². The van der Waals surface area contributed by atoms with Gasteiger partial charge in [0, 0.05) is 23.7 Å². The van der Waals surface area contributed by atoms with Gasteiger partial charge in [-0.3, -0.25) is 0 Å². The molecule has 0 fully saturated rings. The maximum atomic E-state index is 5.85. The Balaban J connectivity index is 2.08. The zero-order valence-electron chi connectivity index (χ0n) is 12.0. The number of hydrogen-bond acceptors (Lipinski definition) is 3. The number of halogens is 1. The van der Waals surface area contributed by atoms with Crippen LogP contribution in [-0.2, 0) is 12.8 Å². The quantitative estimate of drug-likeness (QED) is 0.659. The number of aryl methyl sites for hydroxylation is 1. The Morgan fingerprint density at radius 1 is 1.21 bits per heavy atom. The van der Waals surface area contributed by atoms with E-state index in [4.69, 9.17) is 11.6 Å². The molecule has 3 nitrogen and oxygen atoms in total. The van der Waals surface area contributed by atoms with Crippen LogP contribution in [0.15, 0.2) is 6.33 Å². The lowest BCUT2D eigenvalue weighted by Gasteiger charge is -2.25. The van der Waals surface area contributed by atoms with Crippen LogP contribution >= 0.6 is 11.6 Å². The number of nitrogens with zero attached hydrogens (tertiary/aromatic N) is 2. The summed E-state index contributed by atoms with van der Waals surface area (Å²) in [6.45, 7) is 5.38. The number of anilines is 1. The second kappa shape index (κ2) is 6.56. The summed E-state index contributed by atoms with van der Waals surface area (Å²) >= 11 is 5.85. The molecule has 1 aromatic rings. The van der Waals surface area contributed by atoms with E-state index < -0.39 is 0 Å². The molecule has 0 unspecified atom stereocenters. The average molecular weight is 282 g/mol. The first-order valence-electron chi connectivity index (χ1n) is 7.25. The van der Waals surface area contributed by atoms with Crippen molar-refractivity contribution in [1.29, 1.82) is 0 Å². The summed E-state index contributed by atoms with van der Waals surface area (Å²) in [7, 11) is 0. The van der Waals surface area contributed by atoms with Gasteiger partial charge in [-0.1, -0.05) is 20.3 Å². The van der Waals surface area contributed by atoms with Gasteiger partial charge in [0.1, 0.15) is 12.1 Å². The first-order valence-corrected chi connectivity index (χ1v) is 7.78. The second-order valence-electron chi connectivity index (χ2n) is 6.16. The molecule has 0 amide bonds. The highest BCUT2D eigenvalue weighted by molar-refractivity contribution is 6.17. The lowest BCUT2D eigenvalue weighted by atomic mass is 9.90. The third-order valence-corrected chi connectivity index (χ3v) is 4.07. The monoisotopic (exact) mass is 281 g/mol. The Labute approximate surface area is 121 Å². The fourth-order valence-electron chi connectivity index (χ4n) is 2.52. The molecule has 19 heavy (non-hydrogen) atoms. The van der Waals surface area contributed by atoms with E-state index >= 15 is 0 Å². The summed E-state index contributed by atoms with van der Waals surface area (Å²) in [5, 5.41) is 3.52. The highest BCUT2D eigenvalue weighted by atomic mass is 35.5. The Hall–Kier alpha value is -0.830. The van der Waals surface area contributed by atoms with Crippen molar-refractivity contribution in [2.75, 3.05) is 17.7 Å². The second-order valence-corrected chi connectivity index (χ2v) is 6.54. The molecule has 0 bridgehead atoms. The van der Waals surface area contributed by atoms with Gasteiger partial charge in [0.2, 0.25) is 0 Å². The molecule has 4 heteroatoms.